The van der Waals surface area contributed by atoms with Crippen LogP contribution in [0.1, 0.15) is 28.9 Å². The maximum atomic E-state index is 13.0. The molecule has 1 amide bonds. The Morgan fingerprint density at radius 1 is 1.19 bits per heavy atom. The minimum absolute atomic E-state index is 0.113. The SMILES string of the molecule is C[C@H](c1c[nH]c(=O)c2ccccc12)N(C)C(=O)c1cc2c(Cl)cccn2c1. The van der Waals surface area contributed by atoms with E-state index in [1.165, 1.54) is 0 Å². The van der Waals surface area contributed by atoms with Crippen LogP contribution < -0.4 is 5.56 Å². The number of hydrogen-bond donors (Lipinski definition) is 1. The second-order valence-electron chi connectivity index (χ2n) is 6.59. The van der Waals surface area contributed by atoms with Gasteiger partial charge in [-0.2, -0.15) is 0 Å². The molecule has 27 heavy (non-hydrogen) atoms. The highest BCUT2D eigenvalue weighted by atomic mass is 35.5. The van der Waals surface area contributed by atoms with Crippen LogP contribution >= 0.6 is 11.6 Å². The molecule has 0 aliphatic heterocycles. The molecule has 1 aromatic carbocycles. The summed E-state index contributed by atoms with van der Waals surface area (Å²) in [6.45, 7) is 1.95. The minimum atomic E-state index is -0.224. The van der Waals surface area contributed by atoms with E-state index in [4.69, 9.17) is 11.6 Å². The van der Waals surface area contributed by atoms with Crippen molar-refractivity contribution in [2.45, 2.75) is 13.0 Å². The molecule has 136 valence electrons. The molecule has 0 aliphatic rings. The van der Waals surface area contributed by atoms with E-state index in [0.717, 1.165) is 16.5 Å². The highest BCUT2D eigenvalue weighted by Gasteiger charge is 2.22. The van der Waals surface area contributed by atoms with E-state index in [1.807, 2.05) is 41.8 Å². The number of H-pyrrole nitrogens is 1. The summed E-state index contributed by atoms with van der Waals surface area (Å²) in [4.78, 5) is 29.5. The summed E-state index contributed by atoms with van der Waals surface area (Å²) in [6, 6.07) is 12.6. The van der Waals surface area contributed by atoms with Crippen molar-refractivity contribution in [2.75, 3.05) is 7.05 Å². The smallest absolute Gasteiger partial charge is 0.255 e. The van der Waals surface area contributed by atoms with Crippen LogP contribution in [0, 0.1) is 0 Å². The monoisotopic (exact) mass is 379 g/mol. The number of aromatic nitrogens is 2. The van der Waals surface area contributed by atoms with Crippen molar-refractivity contribution >= 4 is 33.8 Å². The molecule has 0 saturated carbocycles. The number of fused-ring (bicyclic) bond motifs is 2. The maximum Gasteiger partial charge on any atom is 0.255 e. The molecule has 0 bridgehead atoms. The molecule has 4 rings (SSSR count). The molecule has 0 spiro atoms. The van der Waals surface area contributed by atoms with Gasteiger partial charge in [-0.05, 0) is 42.1 Å². The highest BCUT2D eigenvalue weighted by Crippen LogP contribution is 2.27. The Bertz CT molecular complexity index is 1230. The van der Waals surface area contributed by atoms with Gasteiger partial charge in [-0.3, -0.25) is 9.59 Å². The van der Waals surface area contributed by atoms with E-state index in [1.54, 1.807) is 42.5 Å². The molecule has 6 heteroatoms. The summed E-state index contributed by atoms with van der Waals surface area (Å²) in [5.41, 5.74) is 2.11. The van der Waals surface area contributed by atoms with Gasteiger partial charge in [0.25, 0.3) is 11.5 Å². The zero-order valence-electron chi connectivity index (χ0n) is 14.9. The number of benzene rings is 1. The van der Waals surface area contributed by atoms with Gasteiger partial charge in [-0.25, -0.2) is 0 Å². The Morgan fingerprint density at radius 2 is 1.93 bits per heavy atom. The molecule has 3 aromatic heterocycles. The lowest BCUT2D eigenvalue weighted by Gasteiger charge is -2.26. The van der Waals surface area contributed by atoms with Crippen LogP contribution in [0.5, 0.6) is 0 Å². The Hall–Kier alpha value is -3.05. The van der Waals surface area contributed by atoms with Crippen LogP contribution in [0.25, 0.3) is 16.3 Å². The molecule has 0 fully saturated rings. The zero-order valence-corrected chi connectivity index (χ0v) is 15.7. The first-order valence-corrected chi connectivity index (χ1v) is 8.99. The van der Waals surface area contributed by atoms with Crippen LogP contribution in [-0.4, -0.2) is 27.2 Å². The Kier molecular flexibility index (Phi) is 4.24. The lowest BCUT2D eigenvalue weighted by Crippen LogP contribution is -2.30. The fraction of sp³-hybridized carbons (Fsp3) is 0.143. The van der Waals surface area contributed by atoms with E-state index < -0.39 is 0 Å². The largest absolute Gasteiger partial charge is 0.335 e. The van der Waals surface area contributed by atoms with Gasteiger partial charge in [0.1, 0.15) is 0 Å². The predicted octanol–water partition coefficient (Wildman–Crippen LogP) is 4.27. The maximum absolute atomic E-state index is 13.0. The number of amides is 1. The van der Waals surface area contributed by atoms with E-state index in [9.17, 15) is 9.59 Å². The molecule has 4 aromatic rings. The van der Waals surface area contributed by atoms with E-state index in [0.29, 0.717) is 16.0 Å². The number of nitrogens with one attached hydrogen (secondary N) is 1. The van der Waals surface area contributed by atoms with Gasteiger partial charge in [0.2, 0.25) is 0 Å². The zero-order chi connectivity index (χ0) is 19.1. The lowest BCUT2D eigenvalue weighted by molar-refractivity contribution is 0.0743. The molecule has 0 radical (unpaired) electrons. The number of carbonyl (C=O) groups excluding carboxylic acids is 1. The average molecular weight is 380 g/mol. The number of pyridine rings is 2. The van der Waals surface area contributed by atoms with E-state index >= 15 is 0 Å². The van der Waals surface area contributed by atoms with Crippen LogP contribution in [0.4, 0.5) is 0 Å². The second-order valence-corrected chi connectivity index (χ2v) is 7.00. The number of halogens is 1. The number of hydrogen-bond acceptors (Lipinski definition) is 2. The fourth-order valence-electron chi connectivity index (χ4n) is 3.38. The van der Waals surface area contributed by atoms with Crippen LogP contribution in [-0.2, 0) is 0 Å². The third kappa shape index (κ3) is 2.90. The standard InChI is InChI=1S/C21H18ClN3O2/c1-13(17-11-23-20(26)16-7-4-3-6-15(16)17)24(2)21(27)14-10-19-18(22)8-5-9-25(19)12-14/h3-13H,1-2H3,(H,23,26)/t13-/m1/s1. The fourth-order valence-corrected chi connectivity index (χ4v) is 3.61. The van der Waals surface area contributed by atoms with E-state index in [2.05, 4.69) is 4.98 Å². The van der Waals surface area contributed by atoms with Gasteiger partial charge in [0.15, 0.2) is 0 Å². The summed E-state index contributed by atoms with van der Waals surface area (Å²) in [5, 5.41) is 2.06. The third-order valence-electron chi connectivity index (χ3n) is 5.02. The summed E-state index contributed by atoms with van der Waals surface area (Å²) < 4.78 is 1.84. The molecule has 0 saturated heterocycles. The van der Waals surface area contributed by atoms with Crippen LogP contribution in [0.2, 0.25) is 5.02 Å². The number of nitrogens with zero attached hydrogens (tertiary/aromatic N) is 2. The van der Waals surface area contributed by atoms with Crippen molar-refractivity contribution < 1.29 is 4.79 Å². The molecule has 1 N–H and O–H groups in total. The van der Waals surface area contributed by atoms with Crippen LogP contribution in [0.15, 0.2) is 65.8 Å². The van der Waals surface area contributed by atoms with Crippen molar-refractivity contribution in [3.05, 3.63) is 87.6 Å². The predicted molar refractivity (Wildman–Crippen MR) is 107 cm³/mol. The number of aromatic amines is 1. The molecule has 0 aliphatic carbocycles. The molecule has 1 atom stereocenters. The summed E-state index contributed by atoms with van der Waals surface area (Å²) in [5.74, 6) is -0.113. The number of rotatable bonds is 3. The van der Waals surface area contributed by atoms with E-state index in [-0.39, 0.29) is 17.5 Å². The lowest BCUT2D eigenvalue weighted by atomic mass is 10.0. The minimum Gasteiger partial charge on any atom is -0.335 e. The van der Waals surface area contributed by atoms with Gasteiger partial charge in [0.05, 0.1) is 22.1 Å². The van der Waals surface area contributed by atoms with Crippen molar-refractivity contribution in [3.63, 3.8) is 0 Å². The van der Waals surface area contributed by atoms with Crippen molar-refractivity contribution in [3.8, 4) is 0 Å². The normalized spacial score (nSPS) is 12.4. The van der Waals surface area contributed by atoms with Crippen molar-refractivity contribution in [1.29, 1.82) is 0 Å². The molecule has 0 unspecified atom stereocenters. The van der Waals surface area contributed by atoms with Crippen molar-refractivity contribution in [2.24, 2.45) is 0 Å². The van der Waals surface area contributed by atoms with Crippen molar-refractivity contribution in [1.82, 2.24) is 14.3 Å². The molecule has 5 nitrogen and oxygen atoms in total. The Morgan fingerprint density at radius 3 is 2.67 bits per heavy atom. The molecular formula is C21H18ClN3O2. The Labute approximate surface area is 160 Å². The third-order valence-corrected chi connectivity index (χ3v) is 5.34. The first-order valence-electron chi connectivity index (χ1n) is 8.61. The van der Waals surface area contributed by atoms with Gasteiger partial charge < -0.3 is 14.3 Å². The summed E-state index contributed by atoms with van der Waals surface area (Å²) in [6.07, 6.45) is 5.32. The second kappa shape index (κ2) is 6.59. The van der Waals surface area contributed by atoms with Gasteiger partial charge in [-0.15, -0.1) is 0 Å². The first kappa shape index (κ1) is 17.4. The first-order chi connectivity index (χ1) is 13.0. The summed E-state index contributed by atoms with van der Waals surface area (Å²) in [7, 11) is 1.76. The highest BCUT2D eigenvalue weighted by molar-refractivity contribution is 6.33. The quantitative estimate of drug-likeness (QED) is 0.578. The van der Waals surface area contributed by atoms with Crippen LogP contribution in [0.3, 0.4) is 0 Å². The van der Waals surface area contributed by atoms with Gasteiger partial charge >= 0.3 is 0 Å². The average Bonchev–Trinajstić information content (AvgIpc) is 3.12. The van der Waals surface area contributed by atoms with Gasteiger partial charge in [0, 0.05) is 31.0 Å². The summed E-state index contributed by atoms with van der Waals surface area (Å²) >= 11 is 6.21. The molecular weight excluding hydrogens is 362 g/mol. The number of carbonyl (C=O) groups is 1. The topological polar surface area (TPSA) is 57.6 Å². The molecule has 3 heterocycles. The van der Waals surface area contributed by atoms with Gasteiger partial charge in [-0.1, -0.05) is 29.8 Å². The Balaban J connectivity index is 1.72.